The lowest BCUT2D eigenvalue weighted by Crippen LogP contribution is -2.41. The van der Waals surface area contributed by atoms with Crippen molar-refractivity contribution in [3.05, 3.63) is 18.5 Å². The van der Waals surface area contributed by atoms with Crippen molar-refractivity contribution < 1.29 is 4.79 Å². The van der Waals surface area contributed by atoms with Gasteiger partial charge in [-0.15, -0.1) is 0 Å². The van der Waals surface area contributed by atoms with Crippen LogP contribution < -0.4 is 10.6 Å². The summed E-state index contributed by atoms with van der Waals surface area (Å²) in [4.78, 5) is 14.3. The lowest BCUT2D eigenvalue weighted by Gasteiger charge is -2.33. The fourth-order valence-electron chi connectivity index (χ4n) is 3.10. The minimum absolute atomic E-state index is 0.0657. The maximum atomic E-state index is 11.8. The van der Waals surface area contributed by atoms with Gasteiger partial charge in [-0.05, 0) is 44.7 Å². The summed E-state index contributed by atoms with van der Waals surface area (Å²) < 4.78 is 1.89. The van der Waals surface area contributed by atoms with Gasteiger partial charge in [-0.2, -0.15) is 5.10 Å². The minimum Gasteiger partial charge on any atom is -0.338 e. The number of likely N-dealkylation sites (tertiary alicyclic amines) is 1. The second kappa shape index (κ2) is 9.55. The first-order chi connectivity index (χ1) is 11.1. The Morgan fingerprint density at radius 2 is 2.26 bits per heavy atom. The van der Waals surface area contributed by atoms with E-state index < -0.39 is 0 Å². The van der Waals surface area contributed by atoms with Crippen LogP contribution in [0.4, 0.5) is 4.79 Å². The van der Waals surface area contributed by atoms with Gasteiger partial charge < -0.3 is 15.5 Å². The second-order valence-corrected chi connectivity index (χ2v) is 6.70. The van der Waals surface area contributed by atoms with E-state index in [0.29, 0.717) is 18.5 Å². The molecule has 0 spiro atoms. The van der Waals surface area contributed by atoms with Crippen LogP contribution in [0.3, 0.4) is 0 Å². The zero-order valence-electron chi connectivity index (χ0n) is 14.5. The molecule has 0 aromatic carbocycles. The standard InChI is InChI=1S/C17H31N5O/c1-15(14-22-12-6-9-20-22)13-19-17(23)18-8-5-11-21-10-4-3-7-16(21)2/h6,9,12,15-16H,3-5,7-8,10-11,13-14H2,1-2H3,(H2,18,19,23). The summed E-state index contributed by atoms with van der Waals surface area (Å²) in [6, 6.07) is 2.54. The number of rotatable bonds is 8. The van der Waals surface area contributed by atoms with E-state index in [1.165, 1.54) is 25.8 Å². The molecule has 1 aliphatic heterocycles. The van der Waals surface area contributed by atoms with Gasteiger partial charge in [0, 0.05) is 44.6 Å². The van der Waals surface area contributed by atoms with Gasteiger partial charge in [0.1, 0.15) is 0 Å². The van der Waals surface area contributed by atoms with Crippen LogP contribution >= 0.6 is 0 Å². The molecule has 1 aromatic heterocycles. The third kappa shape index (κ3) is 6.60. The van der Waals surface area contributed by atoms with E-state index in [9.17, 15) is 4.79 Å². The van der Waals surface area contributed by atoms with Gasteiger partial charge in [0.15, 0.2) is 0 Å². The van der Waals surface area contributed by atoms with Crippen LogP contribution in [0.1, 0.15) is 39.5 Å². The first kappa shape index (κ1) is 17.8. The fraction of sp³-hybridized carbons (Fsp3) is 0.765. The van der Waals surface area contributed by atoms with Gasteiger partial charge in [0.25, 0.3) is 0 Å². The quantitative estimate of drug-likeness (QED) is 0.721. The molecule has 0 radical (unpaired) electrons. The maximum Gasteiger partial charge on any atom is 0.314 e. The number of urea groups is 1. The zero-order valence-corrected chi connectivity index (χ0v) is 14.5. The van der Waals surface area contributed by atoms with Gasteiger partial charge in [-0.3, -0.25) is 4.68 Å². The molecule has 0 bridgehead atoms. The van der Waals surface area contributed by atoms with Crippen molar-refractivity contribution in [2.24, 2.45) is 5.92 Å². The van der Waals surface area contributed by atoms with E-state index in [1.807, 2.05) is 16.9 Å². The SMILES string of the molecule is CC(CNC(=O)NCCCN1CCCCC1C)Cn1cccn1. The largest absolute Gasteiger partial charge is 0.338 e. The Bertz CT molecular complexity index is 448. The molecular formula is C17H31N5O. The highest BCUT2D eigenvalue weighted by molar-refractivity contribution is 5.73. The van der Waals surface area contributed by atoms with E-state index in [-0.39, 0.29) is 6.03 Å². The monoisotopic (exact) mass is 321 g/mol. The Kier molecular flexibility index (Phi) is 7.39. The highest BCUT2D eigenvalue weighted by atomic mass is 16.2. The van der Waals surface area contributed by atoms with Crippen LogP contribution in [0.15, 0.2) is 18.5 Å². The number of piperidine rings is 1. The number of amides is 2. The van der Waals surface area contributed by atoms with Crippen molar-refractivity contribution in [3.63, 3.8) is 0 Å². The first-order valence-corrected chi connectivity index (χ1v) is 8.88. The number of carbonyl (C=O) groups is 1. The molecular weight excluding hydrogens is 290 g/mol. The summed E-state index contributed by atoms with van der Waals surface area (Å²) in [5.74, 6) is 0.356. The summed E-state index contributed by atoms with van der Waals surface area (Å²) >= 11 is 0. The normalized spacial score (nSPS) is 20.2. The van der Waals surface area contributed by atoms with E-state index >= 15 is 0 Å². The van der Waals surface area contributed by atoms with Crippen molar-refractivity contribution >= 4 is 6.03 Å². The highest BCUT2D eigenvalue weighted by Gasteiger charge is 2.17. The van der Waals surface area contributed by atoms with E-state index in [0.717, 1.165) is 26.1 Å². The van der Waals surface area contributed by atoms with Crippen molar-refractivity contribution in [2.45, 2.75) is 52.1 Å². The molecule has 0 saturated carbocycles. The Morgan fingerprint density at radius 1 is 1.39 bits per heavy atom. The average Bonchev–Trinajstić information content (AvgIpc) is 3.04. The molecule has 1 saturated heterocycles. The van der Waals surface area contributed by atoms with Crippen molar-refractivity contribution in [2.75, 3.05) is 26.2 Å². The summed E-state index contributed by atoms with van der Waals surface area (Å²) in [5.41, 5.74) is 0. The second-order valence-electron chi connectivity index (χ2n) is 6.70. The number of nitrogens with one attached hydrogen (secondary N) is 2. The lowest BCUT2D eigenvalue weighted by molar-refractivity contribution is 0.159. The first-order valence-electron chi connectivity index (χ1n) is 8.88. The Hall–Kier alpha value is -1.56. The summed E-state index contributed by atoms with van der Waals surface area (Å²) in [6.45, 7) is 8.92. The summed E-state index contributed by atoms with van der Waals surface area (Å²) in [5, 5.41) is 10.1. The Balaban J connectivity index is 1.51. The van der Waals surface area contributed by atoms with Crippen LogP contribution in [0.2, 0.25) is 0 Å². The molecule has 6 nitrogen and oxygen atoms in total. The molecule has 1 fully saturated rings. The average molecular weight is 321 g/mol. The zero-order chi connectivity index (χ0) is 16.5. The van der Waals surface area contributed by atoms with Crippen molar-refractivity contribution in [1.82, 2.24) is 25.3 Å². The lowest BCUT2D eigenvalue weighted by atomic mass is 10.0. The Morgan fingerprint density at radius 3 is 3.00 bits per heavy atom. The molecule has 23 heavy (non-hydrogen) atoms. The van der Waals surface area contributed by atoms with E-state index in [1.54, 1.807) is 6.20 Å². The minimum atomic E-state index is -0.0657. The van der Waals surface area contributed by atoms with E-state index in [2.05, 4.69) is 34.5 Å². The summed E-state index contributed by atoms with van der Waals surface area (Å²) in [6.07, 6.45) is 8.71. The van der Waals surface area contributed by atoms with Gasteiger partial charge in [-0.1, -0.05) is 13.3 Å². The molecule has 130 valence electrons. The van der Waals surface area contributed by atoms with Gasteiger partial charge in [-0.25, -0.2) is 4.79 Å². The van der Waals surface area contributed by atoms with Crippen molar-refractivity contribution in [3.8, 4) is 0 Å². The number of nitrogens with zero attached hydrogens (tertiary/aromatic N) is 3. The molecule has 6 heteroatoms. The third-order valence-electron chi connectivity index (χ3n) is 4.52. The fourth-order valence-corrected chi connectivity index (χ4v) is 3.10. The van der Waals surface area contributed by atoms with Crippen LogP contribution in [-0.4, -0.2) is 52.9 Å². The van der Waals surface area contributed by atoms with Crippen LogP contribution in [-0.2, 0) is 6.54 Å². The predicted molar refractivity (Wildman–Crippen MR) is 92.3 cm³/mol. The number of aromatic nitrogens is 2. The van der Waals surface area contributed by atoms with E-state index in [4.69, 9.17) is 0 Å². The van der Waals surface area contributed by atoms with Crippen LogP contribution in [0.25, 0.3) is 0 Å². The molecule has 2 heterocycles. The molecule has 1 aliphatic rings. The smallest absolute Gasteiger partial charge is 0.314 e. The molecule has 2 unspecified atom stereocenters. The van der Waals surface area contributed by atoms with Gasteiger partial charge >= 0.3 is 6.03 Å². The molecule has 2 atom stereocenters. The number of hydrogen-bond donors (Lipinski definition) is 2. The van der Waals surface area contributed by atoms with Crippen molar-refractivity contribution in [1.29, 1.82) is 0 Å². The topological polar surface area (TPSA) is 62.2 Å². The third-order valence-corrected chi connectivity index (χ3v) is 4.52. The molecule has 1 aromatic rings. The molecule has 2 N–H and O–H groups in total. The molecule has 2 rings (SSSR count). The summed E-state index contributed by atoms with van der Waals surface area (Å²) in [7, 11) is 0. The number of carbonyl (C=O) groups excluding carboxylic acids is 1. The molecule has 0 aliphatic carbocycles. The highest BCUT2D eigenvalue weighted by Crippen LogP contribution is 2.15. The Labute approximate surface area is 139 Å². The van der Waals surface area contributed by atoms with Crippen LogP contribution in [0.5, 0.6) is 0 Å². The predicted octanol–water partition coefficient (Wildman–Crippen LogP) is 2.08. The van der Waals surface area contributed by atoms with Crippen LogP contribution in [0, 0.1) is 5.92 Å². The van der Waals surface area contributed by atoms with Gasteiger partial charge in [0.2, 0.25) is 0 Å². The number of hydrogen-bond acceptors (Lipinski definition) is 3. The maximum absolute atomic E-state index is 11.8. The van der Waals surface area contributed by atoms with Gasteiger partial charge in [0.05, 0.1) is 0 Å². The molecule has 2 amide bonds.